The number of aliphatic hydroxyl groups excluding tert-OH is 1. The predicted octanol–water partition coefficient (Wildman–Crippen LogP) is 4.52. The molecule has 30 heavy (non-hydrogen) atoms. The molecule has 3 aromatic rings. The minimum Gasteiger partial charge on any atom is -0.465 e. The number of esters is 1. The largest absolute Gasteiger partial charge is 0.465 e. The van der Waals surface area contributed by atoms with E-state index in [9.17, 15) is 23.1 Å². The number of ether oxygens (including phenoxy) is 1. The van der Waals surface area contributed by atoms with Crippen molar-refractivity contribution in [1.29, 1.82) is 0 Å². The number of aryl methyl sites for hydroxylation is 2. The smallest absolute Gasteiger partial charge is 0.433 e. The number of hydrogen-bond acceptors (Lipinski definition) is 6. The fourth-order valence-electron chi connectivity index (χ4n) is 2.95. The Kier molecular flexibility index (Phi) is 6.18. The predicted molar refractivity (Wildman–Crippen MR) is 106 cm³/mol. The van der Waals surface area contributed by atoms with Crippen molar-refractivity contribution in [2.24, 2.45) is 0 Å². The van der Waals surface area contributed by atoms with Crippen LogP contribution >= 0.6 is 11.3 Å². The number of alkyl halides is 3. The Hall–Kier alpha value is -2.85. The molecular formula is C20H20F3N3O3S. The maximum Gasteiger partial charge on any atom is 0.433 e. The Morgan fingerprint density at radius 3 is 2.57 bits per heavy atom. The van der Waals surface area contributed by atoms with Crippen molar-refractivity contribution >= 4 is 22.3 Å². The van der Waals surface area contributed by atoms with Crippen LogP contribution in [0.3, 0.4) is 0 Å². The molecule has 0 bridgehead atoms. The molecule has 0 saturated heterocycles. The SMILES string of the molecule is COC(=O)c1c(Cn2nc(C)cc2C(F)(F)F)csc1NC(O)c1ccc(C)cc1. The van der Waals surface area contributed by atoms with Crippen molar-refractivity contribution in [3.05, 3.63) is 69.4 Å². The molecule has 2 N–H and O–H groups in total. The van der Waals surface area contributed by atoms with Gasteiger partial charge in [-0.2, -0.15) is 18.3 Å². The maximum absolute atomic E-state index is 13.3. The number of aliphatic hydroxyl groups is 1. The van der Waals surface area contributed by atoms with Gasteiger partial charge >= 0.3 is 12.1 Å². The third kappa shape index (κ3) is 4.65. The summed E-state index contributed by atoms with van der Waals surface area (Å²) in [6.45, 7) is 3.11. The standard InChI is InChI=1S/C20H20F3N3O3S/c1-11-4-6-13(7-5-11)17(27)24-18-16(19(28)29-3)14(10-30-18)9-26-15(20(21,22)23)8-12(2)25-26/h4-8,10,17,24,27H,9H2,1-3H3. The van der Waals surface area contributed by atoms with Gasteiger partial charge < -0.3 is 15.2 Å². The van der Waals surface area contributed by atoms with Gasteiger partial charge in [0.1, 0.15) is 10.7 Å². The van der Waals surface area contributed by atoms with E-state index in [1.165, 1.54) is 14.0 Å². The zero-order valence-electron chi connectivity index (χ0n) is 16.4. The van der Waals surface area contributed by atoms with E-state index in [0.717, 1.165) is 27.6 Å². The van der Waals surface area contributed by atoms with E-state index >= 15 is 0 Å². The molecule has 0 spiro atoms. The molecule has 6 nitrogen and oxygen atoms in total. The Morgan fingerprint density at radius 1 is 1.30 bits per heavy atom. The number of thiophene rings is 1. The molecule has 0 fully saturated rings. The van der Waals surface area contributed by atoms with Gasteiger partial charge in [0.25, 0.3) is 0 Å². The Balaban J connectivity index is 1.93. The van der Waals surface area contributed by atoms with Crippen molar-refractivity contribution in [2.75, 3.05) is 12.4 Å². The van der Waals surface area contributed by atoms with Crippen LogP contribution in [0.5, 0.6) is 0 Å². The zero-order chi connectivity index (χ0) is 22.1. The van der Waals surface area contributed by atoms with Crippen molar-refractivity contribution < 1.29 is 27.8 Å². The average molecular weight is 439 g/mol. The Morgan fingerprint density at radius 2 is 1.97 bits per heavy atom. The van der Waals surface area contributed by atoms with Crippen LogP contribution in [0.2, 0.25) is 0 Å². The molecule has 2 heterocycles. The molecule has 2 aromatic heterocycles. The summed E-state index contributed by atoms with van der Waals surface area (Å²) in [6.07, 6.45) is -5.69. The summed E-state index contributed by atoms with van der Waals surface area (Å²) < 4.78 is 45.5. The van der Waals surface area contributed by atoms with Gasteiger partial charge in [0.15, 0.2) is 6.23 Å². The Labute approximate surface area is 174 Å². The number of halogens is 3. The van der Waals surface area contributed by atoms with Gasteiger partial charge in [0.2, 0.25) is 0 Å². The molecule has 0 radical (unpaired) electrons. The van der Waals surface area contributed by atoms with Crippen molar-refractivity contribution in [2.45, 2.75) is 32.8 Å². The molecule has 0 saturated carbocycles. The summed E-state index contributed by atoms with van der Waals surface area (Å²) in [7, 11) is 1.18. The number of carbonyl (C=O) groups is 1. The van der Waals surface area contributed by atoms with Gasteiger partial charge in [-0.1, -0.05) is 29.8 Å². The van der Waals surface area contributed by atoms with Crippen LogP contribution < -0.4 is 5.32 Å². The molecule has 0 aliphatic carbocycles. The maximum atomic E-state index is 13.3. The molecule has 160 valence electrons. The molecule has 1 atom stereocenters. The monoisotopic (exact) mass is 439 g/mol. The van der Waals surface area contributed by atoms with Crippen molar-refractivity contribution in [1.82, 2.24) is 9.78 Å². The first kappa shape index (κ1) is 21.8. The summed E-state index contributed by atoms with van der Waals surface area (Å²) in [6, 6.07) is 8.09. The second-order valence-corrected chi connectivity index (χ2v) is 7.62. The van der Waals surface area contributed by atoms with Crippen LogP contribution in [0.4, 0.5) is 18.2 Å². The van der Waals surface area contributed by atoms with E-state index in [-0.39, 0.29) is 17.8 Å². The molecule has 10 heteroatoms. The highest BCUT2D eigenvalue weighted by Gasteiger charge is 2.36. The quantitative estimate of drug-likeness (QED) is 0.436. The summed E-state index contributed by atoms with van der Waals surface area (Å²) in [5.74, 6) is -0.720. The Bertz CT molecular complexity index is 1040. The number of anilines is 1. The summed E-state index contributed by atoms with van der Waals surface area (Å²) in [4.78, 5) is 12.4. The number of nitrogens with one attached hydrogen (secondary N) is 1. The molecule has 0 aliphatic heterocycles. The third-order valence-electron chi connectivity index (χ3n) is 4.43. The lowest BCUT2D eigenvalue weighted by Crippen LogP contribution is -2.17. The second kappa shape index (κ2) is 8.49. The van der Waals surface area contributed by atoms with E-state index < -0.39 is 24.1 Å². The highest BCUT2D eigenvalue weighted by atomic mass is 32.1. The van der Waals surface area contributed by atoms with Gasteiger partial charge in [0.05, 0.1) is 24.9 Å². The van der Waals surface area contributed by atoms with Crippen LogP contribution in [0.25, 0.3) is 0 Å². The van der Waals surface area contributed by atoms with Crippen molar-refractivity contribution in [3.63, 3.8) is 0 Å². The molecule has 1 unspecified atom stereocenters. The summed E-state index contributed by atoms with van der Waals surface area (Å²) >= 11 is 1.09. The number of rotatable bonds is 6. The van der Waals surface area contributed by atoms with Crippen LogP contribution in [0.1, 0.15) is 44.7 Å². The molecule has 3 rings (SSSR count). The first-order valence-corrected chi connectivity index (χ1v) is 9.79. The minimum absolute atomic E-state index is 0.0648. The molecular weight excluding hydrogens is 419 g/mol. The number of methoxy groups -OCH3 is 1. The molecule has 0 amide bonds. The van der Waals surface area contributed by atoms with Gasteiger partial charge in [-0.25, -0.2) is 4.79 Å². The first-order chi connectivity index (χ1) is 14.1. The number of nitrogens with zero attached hydrogens (tertiary/aromatic N) is 2. The van der Waals surface area contributed by atoms with Crippen LogP contribution in [-0.2, 0) is 17.5 Å². The number of hydrogen-bond donors (Lipinski definition) is 2. The van der Waals surface area contributed by atoms with Gasteiger partial charge in [-0.15, -0.1) is 11.3 Å². The van der Waals surface area contributed by atoms with Crippen molar-refractivity contribution in [3.8, 4) is 0 Å². The lowest BCUT2D eigenvalue weighted by Gasteiger charge is -2.15. The van der Waals surface area contributed by atoms with Crippen LogP contribution in [0, 0.1) is 13.8 Å². The normalized spacial score (nSPS) is 12.6. The van der Waals surface area contributed by atoms with Gasteiger partial charge in [-0.3, -0.25) is 4.68 Å². The van der Waals surface area contributed by atoms with Crippen LogP contribution in [-0.4, -0.2) is 28.0 Å². The molecule has 0 aliphatic rings. The van der Waals surface area contributed by atoms with E-state index in [4.69, 9.17) is 4.74 Å². The molecule has 1 aromatic carbocycles. The fourth-order valence-corrected chi connectivity index (χ4v) is 3.92. The van der Waals surface area contributed by atoms with Crippen LogP contribution in [0.15, 0.2) is 35.7 Å². The number of aromatic nitrogens is 2. The lowest BCUT2D eigenvalue weighted by molar-refractivity contribution is -0.144. The van der Waals surface area contributed by atoms with E-state index in [2.05, 4.69) is 10.4 Å². The fraction of sp³-hybridized carbons (Fsp3) is 0.300. The summed E-state index contributed by atoms with van der Waals surface area (Å²) in [5.41, 5.74) is 1.28. The number of carbonyl (C=O) groups excluding carboxylic acids is 1. The average Bonchev–Trinajstić information content (AvgIpc) is 3.25. The third-order valence-corrected chi connectivity index (χ3v) is 5.39. The van der Waals surface area contributed by atoms with E-state index in [0.29, 0.717) is 16.1 Å². The topological polar surface area (TPSA) is 76.4 Å². The highest BCUT2D eigenvalue weighted by molar-refractivity contribution is 7.14. The minimum atomic E-state index is -4.58. The number of benzene rings is 1. The van der Waals surface area contributed by atoms with Gasteiger partial charge in [-0.05, 0) is 25.3 Å². The van der Waals surface area contributed by atoms with E-state index in [1.54, 1.807) is 17.5 Å². The lowest BCUT2D eigenvalue weighted by atomic mass is 10.1. The highest BCUT2D eigenvalue weighted by Crippen LogP contribution is 2.34. The zero-order valence-corrected chi connectivity index (χ0v) is 17.3. The van der Waals surface area contributed by atoms with E-state index in [1.807, 2.05) is 19.1 Å². The van der Waals surface area contributed by atoms with Gasteiger partial charge in [0, 0.05) is 11.1 Å². The second-order valence-electron chi connectivity index (χ2n) is 6.74. The summed E-state index contributed by atoms with van der Waals surface area (Å²) in [5, 5.41) is 19.1. The first-order valence-electron chi connectivity index (χ1n) is 8.91.